The highest BCUT2D eigenvalue weighted by Crippen LogP contribution is 2.27. The first-order valence-electron chi connectivity index (χ1n) is 5.23. The van der Waals surface area contributed by atoms with Crippen molar-refractivity contribution in [2.45, 2.75) is 16.5 Å². The van der Waals surface area contributed by atoms with Gasteiger partial charge in [-0.1, -0.05) is 35.5 Å². The summed E-state index contributed by atoms with van der Waals surface area (Å²) in [7, 11) is 0. The van der Waals surface area contributed by atoms with Crippen LogP contribution < -0.4 is 5.73 Å². The maximum absolute atomic E-state index is 10.8. The second kappa shape index (κ2) is 6.22. The summed E-state index contributed by atoms with van der Waals surface area (Å²) in [5.41, 5.74) is 7.01. The molecule has 0 aliphatic carbocycles. The number of carbonyl (C=O) groups is 1. The Morgan fingerprint density at radius 3 is 3.06 bits per heavy atom. The quantitative estimate of drug-likeness (QED) is 0.863. The van der Waals surface area contributed by atoms with Crippen molar-refractivity contribution in [2.24, 2.45) is 5.73 Å². The SMILES string of the molecule is NC(=O)Cc1csc(SCc2cccc(Cl)c2)n1. The standard InChI is InChI=1S/C12H11ClN2OS2/c13-9-3-1-2-8(4-9)6-17-12-15-10(7-18-12)5-11(14)16/h1-4,7H,5-6H2,(H2,14,16). The number of carbonyl (C=O) groups excluding carboxylic acids is 1. The molecule has 0 bridgehead atoms. The number of hydrogen-bond donors (Lipinski definition) is 1. The minimum absolute atomic E-state index is 0.203. The fraction of sp³-hybridized carbons (Fsp3) is 0.167. The molecule has 1 aromatic heterocycles. The van der Waals surface area contributed by atoms with Crippen LogP contribution >= 0.6 is 34.7 Å². The molecule has 18 heavy (non-hydrogen) atoms. The topological polar surface area (TPSA) is 56.0 Å². The van der Waals surface area contributed by atoms with Gasteiger partial charge in [0.1, 0.15) is 4.34 Å². The molecule has 0 saturated carbocycles. The van der Waals surface area contributed by atoms with Gasteiger partial charge < -0.3 is 5.73 Å². The average molecular weight is 299 g/mol. The lowest BCUT2D eigenvalue weighted by molar-refractivity contribution is -0.117. The third-order valence-electron chi connectivity index (χ3n) is 2.14. The van der Waals surface area contributed by atoms with Gasteiger partial charge in [-0.25, -0.2) is 4.98 Å². The molecule has 3 nitrogen and oxygen atoms in total. The van der Waals surface area contributed by atoms with E-state index in [1.54, 1.807) is 11.8 Å². The third-order valence-corrected chi connectivity index (χ3v) is 4.51. The zero-order valence-electron chi connectivity index (χ0n) is 9.43. The maximum atomic E-state index is 10.8. The van der Waals surface area contributed by atoms with E-state index in [-0.39, 0.29) is 12.3 Å². The molecular formula is C12H11ClN2OS2. The smallest absolute Gasteiger partial charge is 0.223 e. The first kappa shape index (κ1) is 13.4. The van der Waals surface area contributed by atoms with Gasteiger partial charge in [0, 0.05) is 16.2 Å². The molecule has 1 amide bonds. The van der Waals surface area contributed by atoms with E-state index in [0.29, 0.717) is 0 Å². The number of thiazole rings is 1. The minimum Gasteiger partial charge on any atom is -0.369 e. The van der Waals surface area contributed by atoms with Crippen molar-refractivity contribution < 1.29 is 4.79 Å². The van der Waals surface area contributed by atoms with Crippen molar-refractivity contribution in [1.29, 1.82) is 0 Å². The van der Waals surface area contributed by atoms with Crippen molar-refractivity contribution in [2.75, 3.05) is 0 Å². The number of benzene rings is 1. The van der Waals surface area contributed by atoms with E-state index in [0.717, 1.165) is 26.4 Å². The van der Waals surface area contributed by atoms with Crippen LogP contribution in [0, 0.1) is 0 Å². The number of halogens is 1. The molecule has 0 spiro atoms. The number of rotatable bonds is 5. The molecule has 2 N–H and O–H groups in total. The van der Waals surface area contributed by atoms with E-state index in [1.807, 2.05) is 29.6 Å². The van der Waals surface area contributed by atoms with E-state index in [1.165, 1.54) is 11.3 Å². The molecule has 1 aromatic carbocycles. The Balaban J connectivity index is 1.94. The first-order valence-corrected chi connectivity index (χ1v) is 7.48. The largest absolute Gasteiger partial charge is 0.369 e. The van der Waals surface area contributed by atoms with Crippen molar-refractivity contribution in [3.05, 3.63) is 45.9 Å². The summed E-state index contributed by atoms with van der Waals surface area (Å²) >= 11 is 9.07. The normalized spacial score (nSPS) is 10.5. The lowest BCUT2D eigenvalue weighted by Crippen LogP contribution is -2.13. The van der Waals surface area contributed by atoms with Crippen LogP contribution in [0.1, 0.15) is 11.3 Å². The molecule has 6 heteroatoms. The Morgan fingerprint density at radius 2 is 2.33 bits per heavy atom. The molecule has 0 fully saturated rings. The van der Waals surface area contributed by atoms with Crippen LogP contribution in [0.3, 0.4) is 0 Å². The predicted molar refractivity (Wildman–Crippen MR) is 76.0 cm³/mol. The van der Waals surface area contributed by atoms with Gasteiger partial charge in [0.05, 0.1) is 12.1 Å². The zero-order chi connectivity index (χ0) is 13.0. The average Bonchev–Trinajstić information content (AvgIpc) is 2.73. The first-order chi connectivity index (χ1) is 8.63. The van der Waals surface area contributed by atoms with E-state index in [9.17, 15) is 4.79 Å². The lowest BCUT2D eigenvalue weighted by atomic mass is 10.2. The summed E-state index contributed by atoms with van der Waals surface area (Å²) in [6.45, 7) is 0. The van der Waals surface area contributed by atoms with Gasteiger partial charge >= 0.3 is 0 Å². The minimum atomic E-state index is -0.355. The molecule has 94 valence electrons. The second-order valence-corrected chi connectivity index (χ2v) is 6.18. The molecule has 0 aliphatic heterocycles. The fourth-order valence-electron chi connectivity index (χ4n) is 1.39. The third kappa shape index (κ3) is 4.01. The number of hydrogen-bond acceptors (Lipinski definition) is 4. The van der Waals surface area contributed by atoms with Gasteiger partial charge in [-0.15, -0.1) is 11.3 Å². The van der Waals surface area contributed by atoms with Gasteiger partial charge in [0.15, 0.2) is 0 Å². The molecule has 0 radical (unpaired) electrons. The van der Waals surface area contributed by atoms with Crippen LogP contribution in [0.4, 0.5) is 0 Å². The van der Waals surface area contributed by atoms with Gasteiger partial charge in [-0.3, -0.25) is 4.79 Å². The maximum Gasteiger partial charge on any atom is 0.223 e. The summed E-state index contributed by atoms with van der Waals surface area (Å²) in [5, 5.41) is 2.60. The van der Waals surface area contributed by atoms with Crippen LogP contribution in [0.2, 0.25) is 5.02 Å². The van der Waals surface area contributed by atoms with Crippen molar-refractivity contribution in [1.82, 2.24) is 4.98 Å². The van der Waals surface area contributed by atoms with Crippen molar-refractivity contribution in [3.8, 4) is 0 Å². The Labute approximate surface area is 118 Å². The number of aromatic nitrogens is 1. The summed E-state index contributed by atoms with van der Waals surface area (Å²) in [6, 6.07) is 7.74. The van der Waals surface area contributed by atoms with E-state index < -0.39 is 0 Å². The van der Waals surface area contributed by atoms with Gasteiger partial charge in [-0.2, -0.15) is 0 Å². The van der Waals surface area contributed by atoms with E-state index in [2.05, 4.69) is 4.98 Å². The summed E-state index contributed by atoms with van der Waals surface area (Å²) in [4.78, 5) is 15.1. The number of amides is 1. The fourth-order valence-corrected chi connectivity index (χ4v) is 3.39. The zero-order valence-corrected chi connectivity index (χ0v) is 11.8. The monoisotopic (exact) mass is 298 g/mol. The number of nitrogens with two attached hydrogens (primary N) is 1. The van der Waals surface area contributed by atoms with Gasteiger partial charge in [-0.05, 0) is 17.7 Å². The van der Waals surface area contributed by atoms with Crippen LogP contribution in [-0.4, -0.2) is 10.9 Å². The highest BCUT2D eigenvalue weighted by atomic mass is 35.5. The van der Waals surface area contributed by atoms with Gasteiger partial charge in [0.2, 0.25) is 5.91 Å². The van der Waals surface area contributed by atoms with E-state index in [4.69, 9.17) is 17.3 Å². The van der Waals surface area contributed by atoms with Gasteiger partial charge in [0.25, 0.3) is 0 Å². The van der Waals surface area contributed by atoms with E-state index >= 15 is 0 Å². The Kier molecular flexibility index (Phi) is 4.63. The molecule has 2 rings (SSSR count). The van der Waals surface area contributed by atoms with Crippen molar-refractivity contribution >= 4 is 40.6 Å². The molecule has 2 aromatic rings. The number of nitrogens with zero attached hydrogens (tertiary/aromatic N) is 1. The number of thioether (sulfide) groups is 1. The lowest BCUT2D eigenvalue weighted by Gasteiger charge is -1.99. The summed E-state index contributed by atoms with van der Waals surface area (Å²) in [5.74, 6) is 0.455. The Morgan fingerprint density at radius 1 is 1.50 bits per heavy atom. The highest BCUT2D eigenvalue weighted by molar-refractivity contribution is 8.00. The molecule has 0 saturated heterocycles. The summed E-state index contributed by atoms with van der Waals surface area (Å²) < 4.78 is 0.936. The molecule has 0 unspecified atom stereocenters. The van der Waals surface area contributed by atoms with Crippen LogP contribution in [0.15, 0.2) is 34.0 Å². The predicted octanol–water partition coefficient (Wildman–Crippen LogP) is 3.12. The molecule has 0 aliphatic rings. The second-order valence-electron chi connectivity index (χ2n) is 3.67. The molecule has 1 heterocycles. The summed E-state index contributed by atoms with van der Waals surface area (Å²) in [6.07, 6.45) is 0.203. The molecular weight excluding hydrogens is 288 g/mol. The van der Waals surface area contributed by atoms with Crippen molar-refractivity contribution in [3.63, 3.8) is 0 Å². The Bertz CT molecular complexity index is 557. The number of primary amides is 1. The highest BCUT2D eigenvalue weighted by Gasteiger charge is 2.05. The van der Waals surface area contributed by atoms with Crippen LogP contribution in [-0.2, 0) is 17.0 Å². The molecule has 0 atom stereocenters. The van der Waals surface area contributed by atoms with Crippen LogP contribution in [0.5, 0.6) is 0 Å². The van der Waals surface area contributed by atoms with Crippen LogP contribution in [0.25, 0.3) is 0 Å². The Hall–Kier alpha value is -1.04.